The van der Waals surface area contributed by atoms with E-state index in [4.69, 9.17) is 5.11 Å². The zero-order valence-corrected chi connectivity index (χ0v) is 10.7. The smallest absolute Gasteiger partial charge is 0.358 e. The van der Waals surface area contributed by atoms with Crippen molar-refractivity contribution < 1.29 is 9.90 Å². The Balaban J connectivity index is 1.92. The van der Waals surface area contributed by atoms with Crippen LogP contribution in [0.4, 0.5) is 0 Å². The molecule has 1 saturated carbocycles. The zero-order chi connectivity index (χ0) is 13.4. The molecule has 98 valence electrons. The summed E-state index contributed by atoms with van der Waals surface area (Å²) in [5, 5.41) is 16.9. The quantitative estimate of drug-likeness (QED) is 0.911. The minimum atomic E-state index is -0.989. The van der Waals surface area contributed by atoms with Crippen molar-refractivity contribution in [1.29, 1.82) is 0 Å². The highest BCUT2D eigenvalue weighted by molar-refractivity contribution is 5.86. The summed E-state index contributed by atoms with van der Waals surface area (Å²) in [5.41, 5.74) is 3.19. The first kappa shape index (κ1) is 11.9. The van der Waals surface area contributed by atoms with Crippen LogP contribution < -0.4 is 0 Å². The maximum absolute atomic E-state index is 11.1. The van der Waals surface area contributed by atoms with Gasteiger partial charge in [-0.25, -0.2) is 9.48 Å². The lowest BCUT2D eigenvalue weighted by Crippen LogP contribution is -2.08. The van der Waals surface area contributed by atoms with E-state index in [2.05, 4.69) is 10.3 Å². The van der Waals surface area contributed by atoms with E-state index in [-0.39, 0.29) is 5.69 Å². The van der Waals surface area contributed by atoms with Crippen LogP contribution in [0.5, 0.6) is 0 Å². The molecule has 1 N–H and O–H groups in total. The highest BCUT2D eigenvalue weighted by Crippen LogP contribution is 2.41. The number of hydrogen-bond donors (Lipinski definition) is 1. The maximum atomic E-state index is 11.1. The van der Waals surface area contributed by atoms with Gasteiger partial charge in [0.15, 0.2) is 5.69 Å². The normalized spacial score (nSPS) is 14.6. The van der Waals surface area contributed by atoms with E-state index in [0.29, 0.717) is 12.5 Å². The first-order valence-electron chi connectivity index (χ1n) is 6.37. The highest BCUT2D eigenvalue weighted by atomic mass is 16.4. The van der Waals surface area contributed by atoms with Gasteiger partial charge in [-0.2, -0.15) is 0 Å². The maximum Gasteiger partial charge on any atom is 0.358 e. The van der Waals surface area contributed by atoms with Gasteiger partial charge in [0.25, 0.3) is 0 Å². The summed E-state index contributed by atoms with van der Waals surface area (Å²) < 4.78 is 1.73. The lowest BCUT2D eigenvalue weighted by Gasteiger charge is -2.06. The van der Waals surface area contributed by atoms with Gasteiger partial charge in [0, 0.05) is 5.92 Å². The molecule has 0 aliphatic heterocycles. The average Bonchev–Trinajstić information content (AvgIpc) is 3.13. The second-order valence-corrected chi connectivity index (χ2v) is 5.05. The van der Waals surface area contributed by atoms with Crippen molar-refractivity contribution in [3.63, 3.8) is 0 Å². The van der Waals surface area contributed by atoms with Crippen LogP contribution in [-0.2, 0) is 6.54 Å². The van der Waals surface area contributed by atoms with Crippen LogP contribution in [-0.4, -0.2) is 26.1 Å². The molecule has 3 rings (SSSR count). The van der Waals surface area contributed by atoms with Crippen molar-refractivity contribution in [1.82, 2.24) is 15.0 Å². The summed E-state index contributed by atoms with van der Waals surface area (Å²) >= 11 is 0. The number of nitrogens with zero attached hydrogens (tertiary/aromatic N) is 3. The van der Waals surface area contributed by atoms with Gasteiger partial charge in [-0.3, -0.25) is 0 Å². The molecule has 1 aromatic heterocycles. The van der Waals surface area contributed by atoms with Gasteiger partial charge in [-0.05, 0) is 25.3 Å². The minimum absolute atomic E-state index is 0.106. The number of carbonyl (C=O) groups is 1. The topological polar surface area (TPSA) is 68.0 Å². The highest BCUT2D eigenvalue weighted by Gasteiger charge is 2.33. The molecule has 19 heavy (non-hydrogen) atoms. The van der Waals surface area contributed by atoms with Gasteiger partial charge in [-0.15, -0.1) is 5.10 Å². The van der Waals surface area contributed by atoms with Crippen molar-refractivity contribution in [3.05, 3.63) is 46.8 Å². The average molecular weight is 257 g/mol. The number of rotatable bonds is 4. The molecule has 1 aliphatic carbocycles. The van der Waals surface area contributed by atoms with Crippen LogP contribution in [0.3, 0.4) is 0 Å². The van der Waals surface area contributed by atoms with Gasteiger partial charge < -0.3 is 5.11 Å². The molecular formula is C14H15N3O2. The summed E-state index contributed by atoms with van der Waals surface area (Å²) in [6, 6.07) is 8.16. The number of benzene rings is 1. The van der Waals surface area contributed by atoms with E-state index in [9.17, 15) is 4.79 Å². The fraction of sp³-hybridized carbons (Fsp3) is 0.357. The third-order valence-corrected chi connectivity index (χ3v) is 3.39. The summed E-state index contributed by atoms with van der Waals surface area (Å²) in [7, 11) is 0. The van der Waals surface area contributed by atoms with Crippen LogP contribution in [0.25, 0.3) is 0 Å². The predicted octanol–water partition coefficient (Wildman–Crippen LogP) is 2.21. The third-order valence-electron chi connectivity index (χ3n) is 3.39. The molecule has 1 fully saturated rings. The predicted molar refractivity (Wildman–Crippen MR) is 69.2 cm³/mol. The molecule has 0 atom stereocenters. The van der Waals surface area contributed by atoms with Gasteiger partial charge in [-0.1, -0.05) is 35.0 Å². The summed E-state index contributed by atoms with van der Waals surface area (Å²) in [6.45, 7) is 2.61. The molecule has 0 spiro atoms. The standard InChI is InChI=1S/C14H15N3O2/c1-9-2-4-10(5-3-9)8-17-13(11-6-7-11)12(14(18)19)15-16-17/h2-5,11H,6-8H2,1H3,(H,18,19). The second-order valence-electron chi connectivity index (χ2n) is 5.05. The number of aryl methyl sites for hydroxylation is 1. The Morgan fingerprint density at radius 2 is 2.05 bits per heavy atom. The third kappa shape index (κ3) is 2.36. The van der Waals surface area contributed by atoms with Crippen molar-refractivity contribution in [2.24, 2.45) is 0 Å². The van der Waals surface area contributed by atoms with E-state index in [1.807, 2.05) is 31.2 Å². The molecule has 0 amide bonds. The molecular weight excluding hydrogens is 242 g/mol. The first-order valence-corrected chi connectivity index (χ1v) is 6.37. The Bertz CT molecular complexity index is 612. The van der Waals surface area contributed by atoms with E-state index in [1.165, 1.54) is 5.56 Å². The molecule has 1 aromatic carbocycles. The van der Waals surface area contributed by atoms with Crippen LogP contribution >= 0.6 is 0 Å². The SMILES string of the molecule is Cc1ccc(Cn2nnc(C(=O)O)c2C2CC2)cc1. The second kappa shape index (κ2) is 4.50. The number of carboxylic acids is 1. The molecule has 5 heteroatoms. The van der Waals surface area contributed by atoms with Crippen LogP contribution in [0, 0.1) is 6.92 Å². The van der Waals surface area contributed by atoms with Crippen LogP contribution in [0.1, 0.15) is 46.1 Å². The summed E-state index contributed by atoms with van der Waals surface area (Å²) in [4.78, 5) is 11.1. The van der Waals surface area contributed by atoms with Gasteiger partial charge in [0.1, 0.15) is 0 Å². The van der Waals surface area contributed by atoms with Crippen LogP contribution in [0.15, 0.2) is 24.3 Å². The Hall–Kier alpha value is -2.17. The molecule has 0 bridgehead atoms. The van der Waals surface area contributed by atoms with Crippen LogP contribution in [0.2, 0.25) is 0 Å². The summed E-state index contributed by atoms with van der Waals surface area (Å²) in [6.07, 6.45) is 2.06. The van der Waals surface area contributed by atoms with E-state index >= 15 is 0 Å². The van der Waals surface area contributed by atoms with E-state index < -0.39 is 5.97 Å². The molecule has 5 nitrogen and oxygen atoms in total. The Kier molecular flexibility index (Phi) is 2.81. The molecule has 2 aromatic rings. The number of aromatic nitrogens is 3. The fourth-order valence-electron chi connectivity index (χ4n) is 2.22. The van der Waals surface area contributed by atoms with E-state index in [0.717, 1.165) is 24.1 Å². The molecule has 1 heterocycles. The number of carboxylic acid groups (broad SMARTS) is 1. The molecule has 1 aliphatic rings. The van der Waals surface area contributed by atoms with Gasteiger partial charge in [0.2, 0.25) is 0 Å². The molecule has 0 unspecified atom stereocenters. The molecule has 0 saturated heterocycles. The van der Waals surface area contributed by atoms with Crippen molar-refractivity contribution >= 4 is 5.97 Å². The fourth-order valence-corrected chi connectivity index (χ4v) is 2.22. The largest absolute Gasteiger partial charge is 0.476 e. The molecule has 0 radical (unpaired) electrons. The zero-order valence-electron chi connectivity index (χ0n) is 10.7. The monoisotopic (exact) mass is 257 g/mol. The number of aromatic carboxylic acids is 1. The van der Waals surface area contributed by atoms with Crippen molar-refractivity contribution in [3.8, 4) is 0 Å². The van der Waals surface area contributed by atoms with Crippen molar-refractivity contribution in [2.45, 2.75) is 32.2 Å². The lowest BCUT2D eigenvalue weighted by atomic mass is 10.1. The van der Waals surface area contributed by atoms with Gasteiger partial charge in [0.05, 0.1) is 12.2 Å². The summed E-state index contributed by atoms with van der Waals surface area (Å²) in [5.74, 6) is -0.677. The lowest BCUT2D eigenvalue weighted by molar-refractivity contribution is 0.0689. The minimum Gasteiger partial charge on any atom is -0.476 e. The van der Waals surface area contributed by atoms with E-state index in [1.54, 1.807) is 4.68 Å². The first-order chi connectivity index (χ1) is 9.15. The number of hydrogen-bond acceptors (Lipinski definition) is 3. The van der Waals surface area contributed by atoms with Gasteiger partial charge >= 0.3 is 5.97 Å². The Labute approximate surface area is 110 Å². The Morgan fingerprint density at radius 3 is 2.63 bits per heavy atom. The van der Waals surface area contributed by atoms with Crippen molar-refractivity contribution in [2.75, 3.05) is 0 Å². The Morgan fingerprint density at radius 1 is 1.37 bits per heavy atom.